The van der Waals surface area contributed by atoms with E-state index >= 15 is 0 Å². The molecule has 1 aromatic carbocycles. The normalized spacial score (nSPS) is 13.3. The van der Waals surface area contributed by atoms with Crippen molar-refractivity contribution in [2.75, 3.05) is 21.2 Å². The molecule has 0 fully saturated rings. The van der Waals surface area contributed by atoms with Crippen LogP contribution in [0.5, 0.6) is 0 Å². The zero-order valence-electron chi connectivity index (χ0n) is 13.7. The van der Waals surface area contributed by atoms with Gasteiger partial charge in [-0.3, -0.25) is 4.98 Å². The summed E-state index contributed by atoms with van der Waals surface area (Å²) in [7, 11) is 5.97. The van der Waals surface area contributed by atoms with Crippen molar-refractivity contribution in [1.82, 2.24) is 14.5 Å². The largest absolute Gasteiger partial charge is 0.380 e. The summed E-state index contributed by atoms with van der Waals surface area (Å²) in [5, 5.41) is 2.54. The van der Waals surface area contributed by atoms with Crippen LogP contribution in [0.25, 0.3) is 21.8 Å². The number of likely N-dealkylation sites (N-methyl/N-ethyl adjacent to an activating group) is 1. The van der Waals surface area contributed by atoms with Crippen molar-refractivity contribution in [3.63, 3.8) is 0 Å². The third-order valence-electron chi connectivity index (χ3n) is 4.37. The van der Waals surface area contributed by atoms with Crippen LogP contribution in [0.3, 0.4) is 0 Å². The average molecular weight is 297 g/mol. The van der Waals surface area contributed by atoms with Crippen molar-refractivity contribution in [2.24, 2.45) is 0 Å². The first kappa shape index (κ1) is 15.0. The molecule has 2 heterocycles. The highest BCUT2D eigenvalue weighted by atomic mass is 16.5. The standard InChI is InChI=1S/C18H23N3O/c1-13(20(2)3)11-21-17-9-14(12-22-4)5-6-15(17)16-7-8-19-10-18(16)21/h5-10,13H,11-12H2,1-4H3. The number of pyridine rings is 1. The average Bonchev–Trinajstić information content (AvgIpc) is 2.82. The molecule has 0 spiro atoms. The molecule has 0 radical (unpaired) electrons. The predicted molar refractivity (Wildman–Crippen MR) is 91.1 cm³/mol. The zero-order valence-corrected chi connectivity index (χ0v) is 13.7. The van der Waals surface area contributed by atoms with Gasteiger partial charge in [0.25, 0.3) is 0 Å². The Morgan fingerprint density at radius 2 is 1.95 bits per heavy atom. The highest BCUT2D eigenvalue weighted by molar-refractivity contribution is 6.07. The Labute approximate surface area is 131 Å². The number of ether oxygens (including phenoxy) is 1. The topological polar surface area (TPSA) is 30.3 Å². The van der Waals surface area contributed by atoms with Crippen LogP contribution < -0.4 is 0 Å². The van der Waals surface area contributed by atoms with Crippen LogP contribution in [-0.4, -0.2) is 41.7 Å². The molecule has 0 aliphatic carbocycles. The van der Waals surface area contributed by atoms with E-state index in [1.165, 1.54) is 27.4 Å². The highest BCUT2D eigenvalue weighted by Gasteiger charge is 2.14. The quantitative estimate of drug-likeness (QED) is 0.724. The van der Waals surface area contributed by atoms with Crippen molar-refractivity contribution < 1.29 is 4.74 Å². The van der Waals surface area contributed by atoms with E-state index < -0.39 is 0 Å². The molecule has 0 saturated carbocycles. The third kappa shape index (κ3) is 2.60. The molecular formula is C18H23N3O. The molecule has 0 aliphatic rings. The van der Waals surface area contributed by atoms with Crippen LogP contribution in [0.1, 0.15) is 12.5 Å². The smallest absolute Gasteiger partial charge is 0.0713 e. The Morgan fingerprint density at radius 1 is 1.18 bits per heavy atom. The summed E-state index contributed by atoms with van der Waals surface area (Å²) in [6.45, 7) is 3.82. The van der Waals surface area contributed by atoms with Crippen molar-refractivity contribution in [1.29, 1.82) is 0 Å². The zero-order chi connectivity index (χ0) is 15.7. The lowest BCUT2D eigenvalue weighted by Gasteiger charge is -2.21. The Bertz CT molecular complexity index is 791. The summed E-state index contributed by atoms with van der Waals surface area (Å²) < 4.78 is 7.66. The number of aromatic nitrogens is 2. The molecule has 3 aromatic rings. The summed E-state index contributed by atoms with van der Waals surface area (Å²) in [5.41, 5.74) is 3.65. The molecule has 0 aliphatic heterocycles. The lowest BCUT2D eigenvalue weighted by molar-refractivity contribution is 0.185. The highest BCUT2D eigenvalue weighted by Crippen LogP contribution is 2.29. The van der Waals surface area contributed by atoms with Crippen molar-refractivity contribution in [2.45, 2.75) is 26.1 Å². The molecule has 4 heteroatoms. The van der Waals surface area contributed by atoms with Crippen LogP contribution in [0.2, 0.25) is 0 Å². The van der Waals surface area contributed by atoms with E-state index in [1.807, 2.05) is 12.4 Å². The molecule has 3 rings (SSSR count). The van der Waals surface area contributed by atoms with Gasteiger partial charge in [0.1, 0.15) is 0 Å². The fraction of sp³-hybridized carbons (Fsp3) is 0.389. The molecule has 1 unspecified atom stereocenters. The van der Waals surface area contributed by atoms with Gasteiger partial charge in [-0.25, -0.2) is 0 Å². The number of rotatable bonds is 5. The van der Waals surface area contributed by atoms with Gasteiger partial charge in [0, 0.05) is 42.2 Å². The lowest BCUT2D eigenvalue weighted by atomic mass is 10.1. The van der Waals surface area contributed by atoms with E-state index in [0.29, 0.717) is 12.6 Å². The van der Waals surface area contributed by atoms with Crippen LogP contribution >= 0.6 is 0 Å². The van der Waals surface area contributed by atoms with Crippen molar-refractivity contribution in [3.05, 3.63) is 42.2 Å². The first-order valence-electron chi connectivity index (χ1n) is 7.62. The van der Waals surface area contributed by atoms with E-state index in [-0.39, 0.29) is 0 Å². The molecule has 2 aromatic heterocycles. The van der Waals surface area contributed by atoms with Gasteiger partial charge in [-0.1, -0.05) is 12.1 Å². The van der Waals surface area contributed by atoms with Gasteiger partial charge in [0.05, 0.1) is 18.3 Å². The van der Waals surface area contributed by atoms with Crippen LogP contribution in [0.4, 0.5) is 0 Å². The minimum absolute atomic E-state index is 0.449. The number of hydrogen-bond acceptors (Lipinski definition) is 3. The Hall–Kier alpha value is -1.91. The minimum Gasteiger partial charge on any atom is -0.380 e. The number of hydrogen-bond donors (Lipinski definition) is 0. The summed E-state index contributed by atoms with van der Waals surface area (Å²) >= 11 is 0. The second-order valence-corrected chi connectivity index (χ2v) is 6.10. The predicted octanol–water partition coefficient (Wildman–Crippen LogP) is 3.29. The Kier molecular flexibility index (Phi) is 4.14. The Balaban J connectivity index is 2.21. The van der Waals surface area contributed by atoms with Gasteiger partial charge in [-0.15, -0.1) is 0 Å². The molecule has 0 N–H and O–H groups in total. The van der Waals surface area contributed by atoms with E-state index in [1.54, 1.807) is 7.11 Å². The number of methoxy groups -OCH3 is 1. The summed E-state index contributed by atoms with van der Waals surface area (Å²) in [5.74, 6) is 0. The van der Waals surface area contributed by atoms with Gasteiger partial charge >= 0.3 is 0 Å². The Morgan fingerprint density at radius 3 is 2.68 bits per heavy atom. The van der Waals surface area contributed by atoms with Gasteiger partial charge < -0.3 is 14.2 Å². The maximum atomic E-state index is 5.28. The molecule has 4 nitrogen and oxygen atoms in total. The fourth-order valence-electron chi connectivity index (χ4n) is 2.87. The maximum Gasteiger partial charge on any atom is 0.0713 e. The maximum absolute atomic E-state index is 5.28. The lowest BCUT2D eigenvalue weighted by Crippen LogP contribution is -2.29. The van der Waals surface area contributed by atoms with Gasteiger partial charge in [0.2, 0.25) is 0 Å². The number of nitrogens with zero attached hydrogens (tertiary/aromatic N) is 3. The molecule has 0 saturated heterocycles. The first-order chi connectivity index (χ1) is 10.6. The monoisotopic (exact) mass is 297 g/mol. The SMILES string of the molecule is COCc1ccc2c3ccncc3n(CC(C)N(C)C)c2c1. The molecule has 1 atom stereocenters. The van der Waals surface area contributed by atoms with E-state index in [9.17, 15) is 0 Å². The van der Waals surface area contributed by atoms with Crippen LogP contribution in [0.15, 0.2) is 36.7 Å². The molecule has 22 heavy (non-hydrogen) atoms. The molecular weight excluding hydrogens is 274 g/mol. The van der Waals surface area contributed by atoms with Crippen molar-refractivity contribution in [3.8, 4) is 0 Å². The summed E-state index contributed by atoms with van der Waals surface area (Å²) in [6.07, 6.45) is 3.83. The summed E-state index contributed by atoms with van der Waals surface area (Å²) in [6, 6.07) is 9.13. The minimum atomic E-state index is 0.449. The van der Waals surface area contributed by atoms with Gasteiger partial charge in [0.15, 0.2) is 0 Å². The van der Waals surface area contributed by atoms with Crippen molar-refractivity contribution >= 4 is 21.8 Å². The van der Waals surface area contributed by atoms with E-state index in [0.717, 1.165) is 6.54 Å². The van der Waals surface area contributed by atoms with E-state index in [2.05, 4.69) is 59.7 Å². The fourth-order valence-corrected chi connectivity index (χ4v) is 2.87. The van der Waals surface area contributed by atoms with Crippen LogP contribution in [-0.2, 0) is 17.9 Å². The third-order valence-corrected chi connectivity index (χ3v) is 4.37. The summed E-state index contributed by atoms with van der Waals surface area (Å²) in [4.78, 5) is 6.56. The second kappa shape index (κ2) is 6.07. The molecule has 116 valence electrons. The first-order valence-corrected chi connectivity index (χ1v) is 7.62. The van der Waals surface area contributed by atoms with Crippen LogP contribution in [0, 0.1) is 0 Å². The molecule has 0 amide bonds. The van der Waals surface area contributed by atoms with Gasteiger partial charge in [-0.2, -0.15) is 0 Å². The van der Waals surface area contributed by atoms with Gasteiger partial charge in [-0.05, 0) is 38.7 Å². The van der Waals surface area contributed by atoms with E-state index in [4.69, 9.17) is 4.74 Å². The second-order valence-electron chi connectivity index (χ2n) is 6.10. The molecule has 0 bridgehead atoms. The number of fused-ring (bicyclic) bond motifs is 3. The number of benzene rings is 1.